The SMILES string of the molecule is C=C(C)C(=O)NC1CC2CC1C1OC(=O)OC21.C=C(C)C(=O)NCC1COC(=O)O1.C=C(C)C(=O)OC(C)(C)C1COC(=O)O1.C=C(C)C(=O)OC(C)C1COC(=O)O1.C=C(C)C(=O)OC1CC2CC1C1C3CC(C4OC(=O)OC34)C21.C=C(C)C(=O)OCC1CCOC(=O)O1.C=C(C)OC1CC2CC1C1OC(=O)OC21.C=C(C)OCC1COC(=O)O1. The summed E-state index contributed by atoms with van der Waals surface area (Å²) in [5.74, 6) is 3.48. The number of amides is 2. The quantitative estimate of drug-likeness (QED) is 0.0354. The van der Waals surface area contributed by atoms with E-state index >= 15 is 0 Å². The summed E-state index contributed by atoms with van der Waals surface area (Å²) in [5, 5.41) is 5.50. The van der Waals surface area contributed by atoms with Gasteiger partial charge in [0.25, 0.3) is 0 Å². The molecule has 2 N–H and O–H groups in total. The van der Waals surface area contributed by atoms with Gasteiger partial charge in [-0.25, -0.2) is 57.5 Å². The maximum absolute atomic E-state index is 11.8. The van der Waals surface area contributed by atoms with Crippen molar-refractivity contribution in [3.63, 3.8) is 0 Å². The number of allylic oxidation sites excluding steroid dienone is 2. The molecule has 8 aliphatic carbocycles. The molecule has 25 unspecified atom stereocenters. The number of esters is 4. The molecule has 38 heteroatoms. The molecule has 38 nitrogen and oxygen atoms in total. The van der Waals surface area contributed by atoms with Gasteiger partial charge in [-0.1, -0.05) is 52.6 Å². The van der Waals surface area contributed by atoms with Crippen molar-refractivity contribution in [1.29, 1.82) is 0 Å². The number of cyclic esters (lactones) is 10. The van der Waals surface area contributed by atoms with Crippen molar-refractivity contribution in [3.05, 3.63) is 97.6 Å². The molecule has 8 aliphatic heterocycles. The standard InChI is InChI=1S/C17H20O5.C12H15NO4.C11H14O4.C10H14O5.2C9H12O5.C8H11NO4.C7H10O4/c1-6(2)16(18)20-11-4-7-3-8(11)13-10-5-9(12(7)13)14-15(10)22-17(19)21-14;1-5(2)11(14)13-8-4-6-3-7(8)10-9(6)16-12(15)17-10;1-5(2)13-8-4-6-3-7(8)10-9(6)14-11(12)15-10;1-6(2)8(11)15-10(3,4)7-5-13-9(12)14-7;1-5(2)8(10)13-6(3)7-4-12-9(11)14-7;1-6(2)8(10)13-5-7-3-4-12-9(11)14-7;1-5(2)7(10)9-3-6-4-12-8(11)13-6;1-5(2)9-3-6-4-10-7(8)11-6/h7-15H,1,3-5H2,2H3;6-10H,1,3-4H2,2H3,(H,13,14);6-10H,1,3-4H2,2H3;7H,1,5H2,2-4H3;6-7H,1,4H2,2-3H3;7H,1,3-5H2,2H3;6H,1,3-4H2,2H3,(H,9,10);6H,1,3-4H2,2H3. The van der Waals surface area contributed by atoms with Crippen LogP contribution in [0.1, 0.15) is 128 Å². The number of hydrogen-bond acceptors (Lipinski definition) is 36. The van der Waals surface area contributed by atoms with Crippen LogP contribution in [0, 0.1) is 59.2 Å². The Morgan fingerprint density at radius 2 is 0.868 bits per heavy atom. The summed E-state index contributed by atoms with van der Waals surface area (Å²) in [4.78, 5) is 154. The molecule has 8 heterocycles. The molecule has 0 aromatic heterocycles. The lowest BCUT2D eigenvalue weighted by Gasteiger charge is -2.40. The molecule has 8 saturated carbocycles. The third kappa shape index (κ3) is 24.4. The van der Waals surface area contributed by atoms with E-state index in [0.29, 0.717) is 112 Å². The third-order valence-corrected chi connectivity index (χ3v) is 22.7. The second-order valence-electron chi connectivity index (χ2n) is 32.8. The Bertz CT molecular complexity index is 4070. The van der Waals surface area contributed by atoms with Crippen molar-refractivity contribution >= 4 is 84.9 Å². The lowest BCUT2D eigenvalue weighted by molar-refractivity contribution is -0.160. The fraction of sp³-hybridized carbons (Fsp3) is 0.639. The molecular weight excluding hydrogens is 1600 g/mol. The minimum atomic E-state index is -0.914. The number of rotatable bonds is 21. The molecule has 16 rings (SSSR count). The minimum Gasteiger partial charge on any atom is -0.495 e. The normalized spacial score (nSPS) is 32.9. The van der Waals surface area contributed by atoms with Crippen molar-refractivity contribution in [2.24, 2.45) is 59.2 Å². The van der Waals surface area contributed by atoms with Crippen LogP contribution < -0.4 is 10.6 Å². The van der Waals surface area contributed by atoms with Crippen LogP contribution >= 0.6 is 0 Å². The monoisotopic (exact) mass is 1710 g/mol. The number of hydrogen-bond donors (Lipinski definition) is 2. The highest BCUT2D eigenvalue weighted by Gasteiger charge is 2.72. The van der Waals surface area contributed by atoms with Crippen molar-refractivity contribution in [1.82, 2.24) is 10.6 Å². The van der Waals surface area contributed by atoms with E-state index in [0.717, 1.165) is 50.7 Å². The summed E-state index contributed by atoms with van der Waals surface area (Å²) in [5.41, 5.74) is 1.40. The minimum absolute atomic E-state index is 0.0190. The molecule has 16 aliphatic rings. The Kier molecular flexibility index (Phi) is 31.4. The van der Waals surface area contributed by atoms with Crippen LogP contribution in [-0.2, 0) is 133 Å². The zero-order chi connectivity index (χ0) is 88.9. The van der Waals surface area contributed by atoms with E-state index in [1.807, 2.05) is 6.92 Å². The first-order valence-corrected chi connectivity index (χ1v) is 39.7. The highest BCUT2D eigenvalue weighted by Crippen LogP contribution is 2.69. The van der Waals surface area contributed by atoms with Gasteiger partial charge < -0.3 is 115 Å². The van der Waals surface area contributed by atoms with Gasteiger partial charge in [-0.3, -0.25) is 9.59 Å². The van der Waals surface area contributed by atoms with Crippen LogP contribution in [0.15, 0.2) is 97.6 Å². The molecule has 0 radical (unpaired) electrons. The molecule has 666 valence electrons. The van der Waals surface area contributed by atoms with Gasteiger partial charge in [0.15, 0.2) is 24.4 Å². The van der Waals surface area contributed by atoms with E-state index in [1.165, 1.54) is 0 Å². The first kappa shape index (κ1) is 93.4. The lowest BCUT2D eigenvalue weighted by Crippen LogP contribution is -2.46. The molecule has 0 aromatic rings. The Morgan fingerprint density at radius 1 is 0.405 bits per heavy atom. The van der Waals surface area contributed by atoms with Gasteiger partial charge in [-0.2, -0.15) is 0 Å². The van der Waals surface area contributed by atoms with Crippen molar-refractivity contribution in [2.45, 2.75) is 225 Å². The average Bonchev–Trinajstić information content (AvgIpc) is 1.52. The molecule has 8 saturated heterocycles. The molecule has 121 heavy (non-hydrogen) atoms. The molecular formula is C83H108N2O36. The molecule has 16 fully saturated rings. The van der Waals surface area contributed by atoms with Gasteiger partial charge in [-0.15, -0.1) is 0 Å². The van der Waals surface area contributed by atoms with E-state index in [1.54, 1.807) is 69.2 Å². The molecule has 8 bridgehead atoms. The number of carbonyl (C=O) groups is 14. The summed E-state index contributed by atoms with van der Waals surface area (Å²) in [7, 11) is 0. The van der Waals surface area contributed by atoms with Crippen LogP contribution in [-0.4, -0.2) is 235 Å². The zero-order valence-corrected chi connectivity index (χ0v) is 69.6. The summed E-state index contributed by atoms with van der Waals surface area (Å²) >= 11 is 0. The van der Waals surface area contributed by atoms with E-state index in [2.05, 4.69) is 96.4 Å². The van der Waals surface area contributed by atoms with Crippen LogP contribution in [0.25, 0.3) is 0 Å². The van der Waals surface area contributed by atoms with Gasteiger partial charge in [0.2, 0.25) is 11.8 Å². The molecule has 2 amide bonds. The van der Waals surface area contributed by atoms with E-state index in [-0.39, 0.29) is 130 Å². The number of nitrogens with one attached hydrogen (secondary N) is 2. The second kappa shape index (κ2) is 40.7. The Hall–Kier alpha value is -11.5. The van der Waals surface area contributed by atoms with E-state index < -0.39 is 97.2 Å². The van der Waals surface area contributed by atoms with Gasteiger partial charge in [-0.05, 0) is 145 Å². The molecule has 0 spiro atoms. The van der Waals surface area contributed by atoms with Crippen molar-refractivity contribution in [3.8, 4) is 0 Å². The first-order chi connectivity index (χ1) is 56.9. The Morgan fingerprint density at radius 3 is 1.38 bits per heavy atom. The van der Waals surface area contributed by atoms with Crippen LogP contribution in [0.4, 0.5) is 38.4 Å². The van der Waals surface area contributed by atoms with Crippen molar-refractivity contribution < 1.29 is 171 Å². The fourth-order valence-corrected chi connectivity index (χ4v) is 17.2. The number of carbonyl (C=O) groups excluding carboxylic acids is 14. The third-order valence-electron chi connectivity index (χ3n) is 22.7. The maximum atomic E-state index is 11.8. The summed E-state index contributed by atoms with van der Waals surface area (Å²) in [6.45, 7) is 48.1. The average molecular weight is 1710 g/mol. The first-order valence-electron chi connectivity index (χ1n) is 39.7. The summed E-state index contributed by atoms with van der Waals surface area (Å²) in [6, 6.07) is 0.0833. The highest BCUT2D eigenvalue weighted by molar-refractivity contribution is 5.93. The maximum Gasteiger partial charge on any atom is 0.509 e. The van der Waals surface area contributed by atoms with Crippen LogP contribution in [0.3, 0.4) is 0 Å². The number of ether oxygens (including phenoxy) is 22. The van der Waals surface area contributed by atoms with Gasteiger partial charge in [0.05, 0.1) is 24.7 Å². The number of fused-ring (bicyclic) bond motifs is 22. The van der Waals surface area contributed by atoms with Gasteiger partial charge in [0, 0.05) is 81.4 Å². The topological polar surface area (TPSA) is 466 Å². The van der Waals surface area contributed by atoms with Crippen LogP contribution in [0.5, 0.6) is 0 Å². The van der Waals surface area contributed by atoms with Gasteiger partial charge in [0.1, 0.15) is 106 Å². The molecule has 25 atom stereocenters. The lowest BCUT2D eigenvalue weighted by atomic mass is 9.68. The predicted octanol–water partition coefficient (Wildman–Crippen LogP) is 9.91. The molecule has 0 aromatic carbocycles. The van der Waals surface area contributed by atoms with E-state index in [9.17, 15) is 67.1 Å². The highest BCUT2D eigenvalue weighted by atomic mass is 16.8. The Balaban J connectivity index is 0.000000159. The smallest absolute Gasteiger partial charge is 0.495 e. The second-order valence-corrected chi connectivity index (χ2v) is 32.8. The summed E-state index contributed by atoms with van der Waals surface area (Å²) in [6.07, 6.45) is -0.462. The largest absolute Gasteiger partial charge is 0.509 e. The Labute approximate surface area is 698 Å². The van der Waals surface area contributed by atoms with Crippen LogP contribution in [0.2, 0.25) is 0 Å². The fourth-order valence-electron chi connectivity index (χ4n) is 17.2. The predicted molar refractivity (Wildman–Crippen MR) is 409 cm³/mol. The van der Waals surface area contributed by atoms with Gasteiger partial charge >= 0.3 is 73.1 Å². The van der Waals surface area contributed by atoms with Crippen molar-refractivity contribution in [2.75, 3.05) is 52.8 Å². The summed E-state index contributed by atoms with van der Waals surface area (Å²) < 4.78 is 109. The van der Waals surface area contributed by atoms with E-state index in [4.69, 9.17) is 71.1 Å². The zero-order valence-electron chi connectivity index (χ0n) is 69.6.